The Morgan fingerprint density at radius 3 is 1.92 bits per heavy atom. The molecule has 0 N–H and O–H groups in total. The summed E-state index contributed by atoms with van der Waals surface area (Å²) in [6, 6.07) is 7.73. The molecule has 1 heterocycles. The van der Waals surface area contributed by atoms with Gasteiger partial charge in [0.15, 0.2) is 17.2 Å². The van der Waals surface area contributed by atoms with E-state index in [0.717, 1.165) is 17.0 Å². The number of pyridine rings is 1. The van der Waals surface area contributed by atoms with E-state index in [1.165, 1.54) is 0 Å². The number of aryl methyl sites for hydroxylation is 1. The Labute approximate surface area is 159 Å². The first-order valence-electron chi connectivity index (χ1n) is 7.14. The molecule has 0 unspecified atom stereocenters. The zero-order valence-electron chi connectivity index (χ0n) is 14.5. The van der Waals surface area contributed by atoms with E-state index < -0.39 is 0 Å². The third-order valence-corrected chi connectivity index (χ3v) is 3.52. The second-order valence-electron chi connectivity index (χ2n) is 4.90. The first-order valence-corrected chi connectivity index (χ1v) is 7.14. The van der Waals surface area contributed by atoms with Gasteiger partial charge in [-0.3, -0.25) is 0 Å². The lowest BCUT2D eigenvalue weighted by atomic mass is 10.1. The average molecular weight is 443 g/mol. The van der Waals surface area contributed by atoms with Gasteiger partial charge in [0, 0.05) is 12.1 Å². The summed E-state index contributed by atoms with van der Waals surface area (Å²) in [4.78, 5) is 0. The molecule has 2 aromatic rings. The summed E-state index contributed by atoms with van der Waals surface area (Å²) in [7, 11) is 8.42. The molecule has 0 spiro atoms. The number of nitrogens with zero attached hydrogens (tertiary/aromatic N) is 1. The largest absolute Gasteiger partial charge is 1.00 e. The SMILES string of the molecule is COc1ccc(/C=C/c2cc(OC)c(OC)c(OC)c2)[n+](C)c1.[I-]. The molecule has 0 aliphatic carbocycles. The third kappa shape index (κ3) is 4.53. The molecule has 0 fully saturated rings. The van der Waals surface area contributed by atoms with E-state index in [0.29, 0.717) is 17.2 Å². The maximum atomic E-state index is 5.36. The van der Waals surface area contributed by atoms with E-state index in [1.54, 1.807) is 28.4 Å². The first kappa shape index (κ1) is 20.1. The molecule has 0 amide bonds. The maximum absolute atomic E-state index is 5.36. The van der Waals surface area contributed by atoms with Gasteiger partial charge in [0.1, 0.15) is 7.05 Å². The van der Waals surface area contributed by atoms with Crippen LogP contribution >= 0.6 is 0 Å². The highest BCUT2D eigenvalue weighted by Crippen LogP contribution is 2.38. The fraction of sp³-hybridized carbons (Fsp3) is 0.278. The smallest absolute Gasteiger partial charge is 0.211 e. The van der Waals surface area contributed by atoms with Crippen LogP contribution in [0, 0.1) is 0 Å². The van der Waals surface area contributed by atoms with Crippen molar-refractivity contribution in [1.82, 2.24) is 0 Å². The quantitative estimate of drug-likeness (QED) is 0.455. The summed E-state index contributed by atoms with van der Waals surface area (Å²) in [5.41, 5.74) is 2.00. The third-order valence-electron chi connectivity index (χ3n) is 3.52. The van der Waals surface area contributed by atoms with E-state index >= 15 is 0 Å². The normalized spacial score (nSPS) is 10.2. The second kappa shape index (κ2) is 9.36. The first-order chi connectivity index (χ1) is 11.1. The topological polar surface area (TPSA) is 40.8 Å². The maximum Gasteiger partial charge on any atom is 0.211 e. The van der Waals surface area contributed by atoms with Crippen LogP contribution in [-0.2, 0) is 7.05 Å². The molecule has 0 aliphatic rings. The number of hydrogen-bond acceptors (Lipinski definition) is 4. The molecule has 5 nitrogen and oxygen atoms in total. The Kier molecular flexibility index (Phi) is 7.84. The van der Waals surface area contributed by atoms with E-state index in [4.69, 9.17) is 18.9 Å². The molecule has 1 aromatic carbocycles. The molecule has 130 valence electrons. The fourth-order valence-electron chi connectivity index (χ4n) is 2.27. The number of hydrogen-bond donors (Lipinski definition) is 0. The molecule has 6 heteroatoms. The molecule has 0 saturated heterocycles. The molecule has 0 bridgehead atoms. The van der Waals surface area contributed by atoms with Gasteiger partial charge in [-0.2, -0.15) is 4.57 Å². The van der Waals surface area contributed by atoms with Crippen LogP contribution in [0.2, 0.25) is 0 Å². The lowest BCUT2D eigenvalue weighted by Crippen LogP contribution is -3.00. The van der Waals surface area contributed by atoms with Gasteiger partial charge in [-0.25, -0.2) is 0 Å². The average Bonchev–Trinajstić information content (AvgIpc) is 2.59. The Balaban J connectivity index is 0.00000288. The van der Waals surface area contributed by atoms with Crippen molar-refractivity contribution in [1.29, 1.82) is 0 Å². The summed E-state index contributed by atoms with van der Waals surface area (Å²) in [6.07, 6.45) is 5.93. The van der Waals surface area contributed by atoms with E-state index in [-0.39, 0.29) is 24.0 Å². The van der Waals surface area contributed by atoms with Gasteiger partial charge < -0.3 is 42.9 Å². The number of aromatic nitrogens is 1. The standard InChI is InChI=1S/C18H22NO4.HI/c1-19-12-15(20-2)9-8-14(19)7-6-13-10-16(21-3)18(23-5)17(11-13)22-4;/h6-12H,1-5H3;1H/q+1;/p-1/b7-6+;. The highest BCUT2D eigenvalue weighted by Gasteiger charge is 2.12. The van der Waals surface area contributed by atoms with Crippen LogP contribution in [0.4, 0.5) is 0 Å². The summed E-state index contributed by atoms with van der Waals surface area (Å²) >= 11 is 0. The molecule has 0 aliphatic heterocycles. The molecular weight excluding hydrogens is 421 g/mol. The van der Waals surface area contributed by atoms with E-state index in [2.05, 4.69) is 0 Å². The van der Waals surface area contributed by atoms with Gasteiger partial charge in [-0.1, -0.05) is 0 Å². The minimum atomic E-state index is 0. The lowest BCUT2D eigenvalue weighted by Gasteiger charge is -2.12. The molecule has 24 heavy (non-hydrogen) atoms. The predicted molar refractivity (Wildman–Crippen MR) is 89.2 cm³/mol. The molecular formula is C18H22INO4. The number of benzene rings is 1. The van der Waals surface area contributed by atoms with Crippen molar-refractivity contribution in [2.45, 2.75) is 0 Å². The Morgan fingerprint density at radius 2 is 1.46 bits per heavy atom. The van der Waals surface area contributed by atoms with Crippen molar-refractivity contribution in [3.8, 4) is 23.0 Å². The van der Waals surface area contributed by atoms with Gasteiger partial charge in [0.05, 0.1) is 28.4 Å². The minimum Gasteiger partial charge on any atom is -1.00 e. The van der Waals surface area contributed by atoms with E-state index in [1.807, 2.05) is 54.2 Å². The molecule has 0 saturated carbocycles. The zero-order chi connectivity index (χ0) is 16.8. The van der Waals surface area contributed by atoms with Gasteiger partial charge in [0.25, 0.3) is 0 Å². The summed E-state index contributed by atoms with van der Waals surface area (Å²) in [6.45, 7) is 0. The second-order valence-corrected chi connectivity index (χ2v) is 4.90. The van der Waals surface area contributed by atoms with Crippen molar-refractivity contribution >= 4 is 12.2 Å². The summed E-state index contributed by atoms with van der Waals surface area (Å²) < 4.78 is 23.3. The van der Waals surface area contributed by atoms with Crippen molar-refractivity contribution < 1.29 is 47.5 Å². The lowest BCUT2D eigenvalue weighted by molar-refractivity contribution is -0.673. The van der Waals surface area contributed by atoms with Gasteiger partial charge in [-0.15, -0.1) is 0 Å². The van der Waals surface area contributed by atoms with Crippen LogP contribution in [-0.4, -0.2) is 28.4 Å². The number of ether oxygens (including phenoxy) is 4. The monoisotopic (exact) mass is 443 g/mol. The van der Waals surface area contributed by atoms with Crippen LogP contribution in [0.5, 0.6) is 23.0 Å². The summed E-state index contributed by atoms with van der Waals surface area (Å²) in [5.74, 6) is 2.66. The van der Waals surface area contributed by atoms with Crippen molar-refractivity contribution in [2.75, 3.05) is 28.4 Å². The number of methoxy groups -OCH3 is 4. The Hall–Kier alpha value is -1.96. The highest BCUT2D eigenvalue weighted by molar-refractivity contribution is 5.71. The van der Waals surface area contributed by atoms with Crippen LogP contribution in [0.25, 0.3) is 12.2 Å². The molecule has 0 atom stereocenters. The molecule has 2 rings (SSSR count). The highest BCUT2D eigenvalue weighted by atomic mass is 127. The Morgan fingerprint density at radius 1 is 0.833 bits per heavy atom. The minimum absolute atomic E-state index is 0. The van der Waals surface area contributed by atoms with Gasteiger partial charge in [0.2, 0.25) is 17.6 Å². The van der Waals surface area contributed by atoms with Crippen LogP contribution < -0.4 is 47.5 Å². The van der Waals surface area contributed by atoms with Crippen molar-refractivity contribution in [2.24, 2.45) is 7.05 Å². The van der Waals surface area contributed by atoms with Gasteiger partial charge >= 0.3 is 0 Å². The predicted octanol–water partition coefficient (Wildman–Crippen LogP) is -0.280. The molecule has 0 radical (unpaired) electrons. The summed E-state index contributed by atoms with van der Waals surface area (Å²) in [5, 5.41) is 0. The fourth-order valence-corrected chi connectivity index (χ4v) is 2.27. The van der Waals surface area contributed by atoms with Crippen molar-refractivity contribution in [3.05, 3.63) is 41.7 Å². The van der Waals surface area contributed by atoms with E-state index in [9.17, 15) is 0 Å². The van der Waals surface area contributed by atoms with Crippen LogP contribution in [0.3, 0.4) is 0 Å². The Bertz CT molecular complexity index is 691. The van der Waals surface area contributed by atoms with Crippen LogP contribution in [0.15, 0.2) is 30.5 Å². The molecule has 1 aromatic heterocycles. The number of rotatable bonds is 6. The van der Waals surface area contributed by atoms with Gasteiger partial charge in [-0.05, 0) is 29.8 Å². The zero-order valence-corrected chi connectivity index (χ0v) is 16.7. The van der Waals surface area contributed by atoms with Crippen molar-refractivity contribution in [3.63, 3.8) is 0 Å². The number of halogens is 1. The van der Waals surface area contributed by atoms with Crippen LogP contribution in [0.1, 0.15) is 11.3 Å².